The second kappa shape index (κ2) is 5.64. The lowest BCUT2D eigenvalue weighted by molar-refractivity contribution is 0.0686. The summed E-state index contributed by atoms with van der Waals surface area (Å²) in [5, 5.41) is 12.6. The standard InChI is InChI=1S/C15H14BrNO5/c1-7(2)12-8(10-6-9(15(18)19)17-22-10)5-11-14(13(12)16)21-4-3-20-11/h5-7H,3-4H2,1-2H3,(H,18,19). The van der Waals surface area contributed by atoms with E-state index < -0.39 is 5.97 Å². The third-order valence-electron chi connectivity index (χ3n) is 3.38. The van der Waals surface area contributed by atoms with Crippen molar-refractivity contribution >= 4 is 21.9 Å². The van der Waals surface area contributed by atoms with Crippen molar-refractivity contribution in [3.63, 3.8) is 0 Å². The number of ether oxygens (including phenoxy) is 2. The lowest BCUT2D eigenvalue weighted by Crippen LogP contribution is -2.16. The molecule has 0 radical (unpaired) electrons. The molecule has 7 heteroatoms. The Kier molecular flexibility index (Phi) is 3.82. The fraction of sp³-hybridized carbons (Fsp3) is 0.333. The minimum absolute atomic E-state index is 0.129. The van der Waals surface area contributed by atoms with E-state index in [2.05, 4.69) is 21.1 Å². The summed E-state index contributed by atoms with van der Waals surface area (Å²) in [7, 11) is 0. The molecule has 0 unspecified atom stereocenters. The van der Waals surface area contributed by atoms with Crippen LogP contribution in [0.3, 0.4) is 0 Å². The summed E-state index contributed by atoms with van der Waals surface area (Å²) in [6.07, 6.45) is 0. The summed E-state index contributed by atoms with van der Waals surface area (Å²) >= 11 is 3.57. The summed E-state index contributed by atoms with van der Waals surface area (Å²) in [6, 6.07) is 3.22. The van der Waals surface area contributed by atoms with E-state index >= 15 is 0 Å². The first-order valence-corrected chi connectivity index (χ1v) is 7.60. The number of carboxylic acid groups (broad SMARTS) is 1. The van der Waals surface area contributed by atoms with Crippen molar-refractivity contribution in [2.75, 3.05) is 13.2 Å². The van der Waals surface area contributed by atoms with Gasteiger partial charge < -0.3 is 19.1 Å². The van der Waals surface area contributed by atoms with Crippen LogP contribution in [0.4, 0.5) is 0 Å². The molecule has 116 valence electrons. The molecule has 3 rings (SSSR count). The molecule has 1 aromatic carbocycles. The molecule has 22 heavy (non-hydrogen) atoms. The van der Waals surface area contributed by atoms with Crippen LogP contribution in [0.25, 0.3) is 11.3 Å². The van der Waals surface area contributed by atoms with Crippen LogP contribution in [-0.4, -0.2) is 29.4 Å². The summed E-state index contributed by atoms with van der Waals surface area (Å²) in [5.74, 6) is 0.692. The fourth-order valence-electron chi connectivity index (χ4n) is 2.43. The van der Waals surface area contributed by atoms with Crippen LogP contribution in [0.2, 0.25) is 0 Å². The van der Waals surface area contributed by atoms with Crippen molar-refractivity contribution < 1.29 is 23.9 Å². The summed E-state index contributed by atoms with van der Waals surface area (Å²) in [5.41, 5.74) is 1.57. The normalized spacial score (nSPS) is 13.5. The number of benzene rings is 1. The minimum atomic E-state index is -1.13. The Morgan fingerprint density at radius 1 is 1.32 bits per heavy atom. The Labute approximate surface area is 135 Å². The molecule has 1 aliphatic heterocycles. The highest BCUT2D eigenvalue weighted by Crippen LogP contribution is 2.47. The van der Waals surface area contributed by atoms with Gasteiger partial charge in [-0.2, -0.15) is 0 Å². The van der Waals surface area contributed by atoms with Gasteiger partial charge in [0.1, 0.15) is 13.2 Å². The van der Waals surface area contributed by atoms with E-state index in [1.807, 2.05) is 13.8 Å². The molecule has 0 fully saturated rings. The van der Waals surface area contributed by atoms with E-state index in [9.17, 15) is 4.79 Å². The van der Waals surface area contributed by atoms with Gasteiger partial charge in [-0.3, -0.25) is 0 Å². The maximum atomic E-state index is 11.0. The molecule has 6 nitrogen and oxygen atoms in total. The van der Waals surface area contributed by atoms with Crippen LogP contribution in [0.15, 0.2) is 21.1 Å². The average Bonchev–Trinajstić information content (AvgIpc) is 2.96. The van der Waals surface area contributed by atoms with Crippen LogP contribution >= 0.6 is 15.9 Å². The number of nitrogens with zero attached hydrogens (tertiary/aromatic N) is 1. The molecule has 0 aliphatic carbocycles. The Morgan fingerprint density at radius 3 is 2.68 bits per heavy atom. The molecular formula is C15H14BrNO5. The first-order chi connectivity index (χ1) is 10.5. The Hall–Kier alpha value is -2.02. The first kappa shape index (κ1) is 14.9. The van der Waals surface area contributed by atoms with Crippen molar-refractivity contribution in [3.8, 4) is 22.8 Å². The number of hydrogen-bond acceptors (Lipinski definition) is 5. The number of aromatic carboxylic acids is 1. The lowest BCUT2D eigenvalue weighted by Gasteiger charge is -2.24. The predicted octanol–water partition coefficient (Wildman–Crippen LogP) is 3.70. The van der Waals surface area contributed by atoms with Gasteiger partial charge in [0.2, 0.25) is 0 Å². The zero-order valence-electron chi connectivity index (χ0n) is 12.1. The van der Waals surface area contributed by atoms with Gasteiger partial charge in [-0.15, -0.1) is 0 Å². The van der Waals surface area contributed by atoms with Crippen molar-refractivity contribution in [2.45, 2.75) is 19.8 Å². The van der Waals surface area contributed by atoms with E-state index in [1.165, 1.54) is 6.07 Å². The lowest BCUT2D eigenvalue weighted by atomic mass is 9.94. The fourth-order valence-corrected chi connectivity index (χ4v) is 3.41. The third-order valence-corrected chi connectivity index (χ3v) is 4.17. The molecule has 0 spiro atoms. The summed E-state index contributed by atoms with van der Waals surface area (Å²) in [4.78, 5) is 11.0. The molecule has 0 bridgehead atoms. The monoisotopic (exact) mass is 367 g/mol. The number of fused-ring (bicyclic) bond motifs is 1. The van der Waals surface area contributed by atoms with Gasteiger partial charge >= 0.3 is 5.97 Å². The highest BCUT2D eigenvalue weighted by Gasteiger charge is 2.26. The van der Waals surface area contributed by atoms with E-state index in [4.69, 9.17) is 19.1 Å². The molecule has 1 N–H and O–H groups in total. The highest BCUT2D eigenvalue weighted by molar-refractivity contribution is 9.10. The van der Waals surface area contributed by atoms with Crippen molar-refractivity contribution in [2.24, 2.45) is 0 Å². The van der Waals surface area contributed by atoms with Crippen LogP contribution in [0, 0.1) is 0 Å². The SMILES string of the molecule is CC(C)c1c(-c2cc(C(=O)O)no2)cc2c(c1Br)OCCO2. The van der Waals surface area contributed by atoms with E-state index in [1.54, 1.807) is 6.07 Å². The van der Waals surface area contributed by atoms with Crippen LogP contribution in [0.1, 0.15) is 35.8 Å². The zero-order valence-corrected chi connectivity index (χ0v) is 13.6. The second-order valence-corrected chi connectivity index (χ2v) is 6.01. The van der Waals surface area contributed by atoms with Gasteiger partial charge in [-0.05, 0) is 33.5 Å². The van der Waals surface area contributed by atoms with Gasteiger partial charge in [0, 0.05) is 11.6 Å². The Morgan fingerprint density at radius 2 is 2.05 bits per heavy atom. The topological polar surface area (TPSA) is 81.8 Å². The van der Waals surface area contributed by atoms with Crippen molar-refractivity contribution in [3.05, 3.63) is 27.9 Å². The van der Waals surface area contributed by atoms with Gasteiger partial charge in [0.25, 0.3) is 0 Å². The number of aromatic nitrogens is 1. The predicted molar refractivity (Wildman–Crippen MR) is 81.7 cm³/mol. The minimum Gasteiger partial charge on any atom is -0.486 e. The van der Waals surface area contributed by atoms with Crippen molar-refractivity contribution in [1.29, 1.82) is 0 Å². The molecule has 0 saturated carbocycles. The Bertz CT molecular complexity index is 738. The zero-order chi connectivity index (χ0) is 15.9. The second-order valence-electron chi connectivity index (χ2n) is 5.21. The van der Waals surface area contributed by atoms with Gasteiger partial charge in [-0.25, -0.2) is 4.79 Å². The smallest absolute Gasteiger partial charge is 0.358 e. The van der Waals surface area contributed by atoms with Gasteiger partial charge in [0.15, 0.2) is 23.0 Å². The number of rotatable bonds is 3. The van der Waals surface area contributed by atoms with Gasteiger partial charge in [0.05, 0.1) is 4.47 Å². The number of hydrogen-bond donors (Lipinski definition) is 1. The molecule has 2 heterocycles. The maximum absolute atomic E-state index is 11.0. The highest BCUT2D eigenvalue weighted by atomic mass is 79.9. The molecule has 0 atom stereocenters. The molecule has 0 saturated heterocycles. The van der Waals surface area contributed by atoms with E-state index in [0.717, 1.165) is 15.6 Å². The molecule has 0 amide bonds. The number of carbonyl (C=O) groups is 1. The first-order valence-electron chi connectivity index (χ1n) is 6.81. The largest absolute Gasteiger partial charge is 0.486 e. The van der Waals surface area contributed by atoms with Crippen molar-refractivity contribution in [1.82, 2.24) is 5.16 Å². The number of halogens is 1. The third kappa shape index (κ3) is 2.45. The maximum Gasteiger partial charge on any atom is 0.358 e. The summed E-state index contributed by atoms with van der Waals surface area (Å²) < 4.78 is 17.3. The summed E-state index contributed by atoms with van der Waals surface area (Å²) in [6.45, 7) is 5.03. The van der Waals surface area contributed by atoms with Crippen LogP contribution in [0.5, 0.6) is 11.5 Å². The van der Waals surface area contributed by atoms with Gasteiger partial charge in [-0.1, -0.05) is 19.0 Å². The van der Waals surface area contributed by atoms with Crippen LogP contribution in [-0.2, 0) is 0 Å². The van der Waals surface area contributed by atoms with E-state index in [0.29, 0.717) is 30.5 Å². The quantitative estimate of drug-likeness (QED) is 0.890. The average molecular weight is 368 g/mol. The molecule has 1 aliphatic rings. The molecule has 1 aromatic heterocycles. The Balaban J connectivity index is 2.20. The molecular weight excluding hydrogens is 354 g/mol. The van der Waals surface area contributed by atoms with E-state index in [-0.39, 0.29) is 11.6 Å². The number of carboxylic acids is 1. The van der Waals surface area contributed by atoms with Crippen LogP contribution < -0.4 is 9.47 Å². The molecule has 2 aromatic rings.